The van der Waals surface area contributed by atoms with E-state index in [1.165, 1.54) is 9.80 Å². The third-order valence-corrected chi connectivity index (χ3v) is 7.30. The Balaban J connectivity index is 2.02. The maximum absolute atomic E-state index is 12.7. The van der Waals surface area contributed by atoms with Crippen molar-refractivity contribution < 1.29 is 48.5 Å². The number of Topliss-reactive ketones (excluding diaryl/α,β-unsaturated/α-hetero) is 1. The number of carbonyl (C=O) groups excluding carboxylic acids is 2. The zero-order valence-electron chi connectivity index (χ0n) is 23.4. The summed E-state index contributed by atoms with van der Waals surface area (Å²) in [7, 11) is -3.40. The molecule has 0 aliphatic heterocycles. The van der Waals surface area contributed by atoms with Gasteiger partial charge >= 0.3 is 25.5 Å². The van der Waals surface area contributed by atoms with Crippen LogP contribution in [0.25, 0.3) is 0 Å². The van der Waals surface area contributed by atoms with Crippen LogP contribution in [-0.4, -0.2) is 106 Å². The van der Waals surface area contributed by atoms with E-state index in [0.717, 1.165) is 12.7 Å². The minimum Gasteiger partial charge on any atom is -0.480 e. The number of rotatable bonds is 19. The summed E-state index contributed by atoms with van der Waals surface area (Å²) in [6, 6.07) is 14.0. The van der Waals surface area contributed by atoms with Crippen molar-refractivity contribution in [2.24, 2.45) is 0 Å². The van der Waals surface area contributed by atoms with Gasteiger partial charge < -0.3 is 30.1 Å². The Hall–Kier alpha value is -3.65. The Morgan fingerprint density at radius 1 is 0.905 bits per heavy atom. The van der Waals surface area contributed by atoms with E-state index in [-0.39, 0.29) is 45.1 Å². The molecule has 230 valence electrons. The van der Waals surface area contributed by atoms with E-state index in [1.807, 2.05) is 30.3 Å². The highest BCUT2D eigenvalue weighted by molar-refractivity contribution is 7.52. The van der Waals surface area contributed by atoms with Gasteiger partial charge in [0.1, 0.15) is 5.78 Å². The van der Waals surface area contributed by atoms with E-state index in [1.54, 1.807) is 25.1 Å². The number of esters is 1. The first-order chi connectivity index (χ1) is 19.8. The summed E-state index contributed by atoms with van der Waals surface area (Å²) in [5.41, 5.74) is 2.42. The molecule has 15 heteroatoms. The summed E-state index contributed by atoms with van der Waals surface area (Å²) in [4.78, 5) is 69.3. The van der Waals surface area contributed by atoms with Gasteiger partial charge in [0, 0.05) is 25.3 Å². The number of anilines is 1. The molecule has 1 atom stereocenters. The van der Waals surface area contributed by atoms with Crippen LogP contribution in [-0.2, 0) is 35.0 Å². The average Bonchev–Trinajstić information content (AvgIpc) is 2.90. The lowest BCUT2D eigenvalue weighted by atomic mass is 10.1. The first-order valence-electron chi connectivity index (χ1n) is 12.9. The molecule has 0 aliphatic carbocycles. The Bertz CT molecular complexity index is 1270. The first-order valence-corrected chi connectivity index (χ1v) is 14.6. The van der Waals surface area contributed by atoms with Gasteiger partial charge in [-0.05, 0) is 29.7 Å². The predicted molar refractivity (Wildman–Crippen MR) is 153 cm³/mol. The van der Waals surface area contributed by atoms with Gasteiger partial charge in [-0.25, -0.2) is 0 Å². The van der Waals surface area contributed by atoms with Crippen molar-refractivity contribution >= 4 is 37.0 Å². The molecule has 2 rings (SSSR count). The van der Waals surface area contributed by atoms with E-state index in [2.05, 4.69) is 15.4 Å². The van der Waals surface area contributed by atoms with Crippen molar-refractivity contribution in [3.8, 4) is 0 Å². The number of ketones is 1. The van der Waals surface area contributed by atoms with Gasteiger partial charge in [-0.3, -0.25) is 38.9 Å². The largest absolute Gasteiger partial charge is 0.480 e. The molecule has 0 fully saturated rings. The molecule has 1 unspecified atom stereocenters. The van der Waals surface area contributed by atoms with Gasteiger partial charge in [-0.15, -0.1) is 0 Å². The normalized spacial score (nSPS) is 12.2. The lowest BCUT2D eigenvalue weighted by Gasteiger charge is -2.25. The van der Waals surface area contributed by atoms with Crippen LogP contribution >= 0.6 is 7.60 Å². The number of carboxylic acid groups (broad SMARTS) is 2. The fourth-order valence-electron chi connectivity index (χ4n) is 4.14. The molecule has 14 nitrogen and oxygen atoms in total. The summed E-state index contributed by atoms with van der Waals surface area (Å²) in [5.74, 6) is -4.60. The maximum atomic E-state index is 12.7. The van der Waals surface area contributed by atoms with E-state index in [9.17, 15) is 38.6 Å². The number of ether oxygens (including phenoxy) is 1. The van der Waals surface area contributed by atoms with Crippen LogP contribution in [0.4, 0.5) is 5.69 Å². The van der Waals surface area contributed by atoms with Gasteiger partial charge in [0.15, 0.2) is 5.78 Å². The Morgan fingerprint density at radius 3 is 2.02 bits per heavy atom. The van der Waals surface area contributed by atoms with Gasteiger partial charge in [0.2, 0.25) is 0 Å². The number of aliphatic carboxylic acids is 2. The van der Waals surface area contributed by atoms with Crippen LogP contribution in [0.5, 0.6) is 0 Å². The number of nitrogens with zero attached hydrogens (tertiary/aromatic N) is 2. The summed E-state index contributed by atoms with van der Waals surface area (Å²) < 4.78 is 16.8. The minimum absolute atomic E-state index is 0.00893. The second kappa shape index (κ2) is 16.7. The quantitative estimate of drug-likeness (QED) is 0.0968. The second-order valence-corrected chi connectivity index (χ2v) is 11.3. The van der Waals surface area contributed by atoms with Crippen LogP contribution in [0.3, 0.4) is 0 Å². The maximum Gasteiger partial charge on any atom is 0.346 e. The zero-order valence-corrected chi connectivity index (χ0v) is 24.3. The molecule has 0 heterocycles. The molecule has 6 N–H and O–H groups in total. The number of aryl methyl sites for hydroxylation is 1. The van der Waals surface area contributed by atoms with Crippen LogP contribution in [0.2, 0.25) is 0 Å². The molecular formula is C27H37N4O10P. The number of hydrogen-bond acceptors (Lipinski definition) is 10. The molecule has 0 aromatic heterocycles. The number of hydrogen-bond donors (Lipinski definition) is 6. The summed E-state index contributed by atoms with van der Waals surface area (Å²) in [5, 5.41) is 24.2. The molecule has 0 saturated carbocycles. The zero-order chi connectivity index (χ0) is 31.3. The minimum atomic E-state index is -4.56. The second-order valence-electron chi connectivity index (χ2n) is 9.61. The van der Waals surface area contributed by atoms with Crippen LogP contribution < -0.4 is 10.6 Å². The number of carbonyl (C=O) groups is 4. The highest BCUT2D eigenvalue weighted by atomic mass is 31.2. The number of carboxylic acids is 2. The van der Waals surface area contributed by atoms with Gasteiger partial charge in [-0.2, -0.15) is 0 Å². The van der Waals surface area contributed by atoms with Crippen molar-refractivity contribution in [3.05, 3.63) is 65.2 Å². The molecule has 0 saturated heterocycles. The van der Waals surface area contributed by atoms with Crippen molar-refractivity contribution in [3.63, 3.8) is 0 Å². The fourth-order valence-corrected chi connectivity index (χ4v) is 5.01. The van der Waals surface area contributed by atoms with E-state index in [4.69, 9.17) is 5.11 Å². The topological polar surface area (TPSA) is 206 Å². The van der Waals surface area contributed by atoms with Crippen LogP contribution in [0, 0.1) is 6.92 Å². The van der Waals surface area contributed by atoms with Gasteiger partial charge in [0.05, 0.1) is 39.8 Å². The molecule has 2 aromatic rings. The van der Waals surface area contributed by atoms with E-state index >= 15 is 0 Å². The van der Waals surface area contributed by atoms with E-state index < -0.39 is 44.4 Å². The Morgan fingerprint density at radius 2 is 1.50 bits per heavy atom. The van der Waals surface area contributed by atoms with Gasteiger partial charge in [0.25, 0.3) is 0 Å². The fraction of sp³-hybridized carbons (Fsp3) is 0.407. The highest BCUT2D eigenvalue weighted by Gasteiger charge is 2.30. The Kier molecular flexibility index (Phi) is 13.7. The van der Waals surface area contributed by atoms with Crippen molar-refractivity contribution in [2.45, 2.75) is 19.3 Å². The monoisotopic (exact) mass is 608 g/mol. The molecule has 0 amide bonds. The summed E-state index contributed by atoms with van der Waals surface area (Å²) >= 11 is 0. The number of methoxy groups -OCH3 is 1. The SMILES string of the molecule is COC(=O)CN(CCN(CC(=O)O)CC(=O)CNc1ccc(C(NCc2ccccc2)P(=O)(O)O)cc1C)CC(=O)O. The smallest absolute Gasteiger partial charge is 0.346 e. The van der Waals surface area contributed by atoms with Crippen LogP contribution in [0.15, 0.2) is 48.5 Å². The summed E-state index contributed by atoms with van der Waals surface area (Å²) in [6.45, 7) is 0.325. The predicted octanol–water partition coefficient (Wildman–Crippen LogP) is 0.888. The summed E-state index contributed by atoms with van der Waals surface area (Å²) in [6.07, 6.45) is 0. The van der Waals surface area contributed by atoms with Crippen LogP contribution in [0.1, 0.15) is 22.5 Å². The Labute approximate surface area is 243 Å². The number of benzene rings is 2. The van der Waals surface area contributed by atoms with Crippen molar-refractivity contribution in [2.75, 3.05) is 58.2 Å². The van der Waals surface area contributed by atoms with Gasteiger partial charge in [-0.1, -0.05) is 42.5 Å². The third-order valence-electron chi connectivity index (χ3n) is 6.15. The van der Waals surface area contributed by atoms with Crippen molar-refractivity contribution in [1.82, 2.24) is 15.1 Å². The molecule has 0 spiro atoms. The standard InChI is InChI=1S/C27H37N4O10P/c1-19-12-21(27(42(38,39)40)29-13-20-6-4-3-5-7-20)8-9-23(19)28-14-22(32)15-30(16-24(33)34)10-11-31(17-25(35)36)18-26(37)41-2/h3-9,12,27-29H,10-11,13-18H2,1-2H3,(H,33,34)(H,35,36)(H2,38,39,40). The molecule has 0 bridgehead atoms. The first kappa shape index (κ1) is 34.6. The molecule has 2 aromatic carbocycles. The average molecular weight is 609 g/mol. The number of nitrogens with one attached hydrogen (secondary N) is 2. The van der Waals surface area contributed by atoms with Crippen molar-refractivity contribution in [1.29, 1.82) is 0 Å². The lowest BCUT2D eigenvalue weighted by Crippen LogP contribution is -2.44. The highest BCUT2D eigenvalue weighted by Crippen LogP contribution is 2.50. The lowest BCUT2D eigenvalue weighted by molar-refractivity contribution is -0.145. The molecular weight excluding hydrogens is 571 g/mol. The third kappa shape index (κ3) is 12.5. The molecule has 0 aliphatic rings. The molecule has 0 radical (unpaired) electrons. The van der Waals surface area contributed by atoms with E-state index in [0.29, 0.717) is 16.8 Å². The molecule has 42 heavy (non-hydrogen) atoms.